The van der Waals surface area contributed by atoms with Gasteiger partial charge in [-0.2, -0.15) is 0 Å². The van der Waals surface area contributed by atoms with Crippen LogP contribution in [0.25, 0.3) is 0 Å². The number of benzene rings is 2. The molecule has 0 spiro atoms. The molecule has 0 aliphatic carbocycles. The van der Waals surface area contributed by atoms with Gasteiger partial charge >= 0.3 is 0 Å². The molecular weight excluding hydrogens is 434 g/mol. The normalized spacial score (nSPS) is 19.4. The fourth-order valence-corrected chi connectivity index (χ4v) is 5.48. The molecule has 2 N–H and O–H groups in total. The van der Waals surface area contributed by atoms with Gasteiger partial charge in [0.2, 0.25) is 12.7 Å². The molecule has 9 heteroatoms. The maximum Gasteiger partial charge on any atom is 0.263 e. The molecule has 0 saturated carbocycles. The summed E-state index contributed by atoms with van der Waals surface area (Å²) in [5, 5.41) is 14.4. The molecule has 2 aromatic carbocycles. The van der Waals surface area contributed by atoms with E-state index in [0.717, 1.165) is 27.6 Å². The predicted octanol–water partition coefficient (Wildman–Crippen LogP) is 4.28. The van der Waals surface area contributed by atoms with Gasteiger partial charge in [0.25, 0.3) is 5.56 Å². The standard InChI is InChI=1S/C22H21N3O4S2/c1-24-20(26)19(21(27)25(2)22(24)30)14-10-18(31-17-6-4-3-5-13(17)23-14)12-7-8-15-16(9-12)29-11-28-15/h3-9,14,18,23,26H,10-11H2,1-2H3. The number of aromatic nitrogens is 2. The summed E-state index contributed by atoms with van der Waals surface area (Å²) in [6, 6.07) is 13.5. The fraction of sp³-hybridized carbons (Fsp3) is 0.273. The summed E-state index contributed by atoms with van der Waals surface area (Å²) in [5.74, 6) is 1.34. The Kier molecular flexibility index (Phi) is 4.94. The molecule has 0 fully saturated rings. The number of rotatable bonds is 2. The molecule has 1 aromatic heterocycles. The van der Waals surface area contributed by atoms with E-state index < -0.39 is 6.04 Å². The Balaban J connectivity index is 1.64. The summed E-state index contributed by atoms with van der Waals surface area (Å²) in [7, 11) is 3.29. The topological polar surface area (TPSA) is 77.7 Å². The molecule has 160 valence electrons. The number of nitrogens with one attached hydrogen (secondary N) is 1. The lowest BCUT2D eigenvalue weighted by Gasteiger charge is -2.23. The van der Waals surface area contributed by atoms with Crippen molar-refractivity contribution in [2.75, 3.05) is 12.1 Å². The summed E-state index contributed by atoms with van der Waals surface area (Å²) in [6.07, 6.45) is 0.582. The quantitative estimate of drug-likeness (QED) is 0.559. The second-order valence-electron chi connectivity index (χ2n) is 7.59. The molecule has 2 atom stereocenters. The molecule has 2 aliphatic rings. The Hall–Kier alpha value is -2.91. The van der Waals surface area contributed by atoms with E-state index in [0.29, 0.717) is 12.0 Å². The molecule has 3 heterocycles. The number of nitrogens with zero attached hydrogens (tertiary/aromatic N) is 2. The Morgan fingerprint density at radius 3 is 2.74 bits per heavy atom. The summed E-state index contributed by atoms with van der Waals surface area (Å²) < 4.78 is 14.1. The third-order valence-electron chi connectivity index (χ3n) is 5.72. The van der Waals surface area contributed by atoms with Crippen molar-refractivity contribution in [1.82, 2.24) is 9.13 Å². The minimum Gasteiger partial charge on any atom is -0.494 e. The Labute approximate surface area is 188 Å². The average Bonchev–Trinajstić information content (AvgIpc) is 3.16. The third-order valence-corrected chi connectivity index (χ3v) is 7.63. The van der Waals surface area contributed by atoms with Crippen molar-refractivity contribution in [2.45, 2.75) is 22.6 Å². The molecule has 0 amide bonds. The van der Waals surface area contributed by atoms with Gasteiger partial charge in [-0.05, 0) is 48.5 Å². The summed E-state index contributed by atoms with van der Waals surface area (Å²) in [6.45, 7) is 0.220. The lowest BCUT2D eigenvalue weighted by molar-refractivity contribution is 0.174. The highest BCUT2D eigenvalue weighted by Crippen LogP contribution is 2.49. The van der Waals surface area contributed by atoms with Crippen LogP contribution in [-0.4, -0.2) is 21.0 Å². The van der Waals surface area contributed by atoms with Crippen LogP contribution in [0, 0.1) is 4.77 Å². The first kappa shape index (κ1) is 20.0. The number of ether oxygens (including phenoxy) is 2. The van der Waals surface area contributed by atoms with Crippen molar-refractivity contribution < 1.29 is 14.6 Å². The van der Waals surface area contributed by atoms with Crippen molar-refractivity contribution in [3.8, 4) is 17.4 Å². The second-order valence-corrected chi connectivity index (χ2v) is 9.20. The van der Waals surface area contributed by atoms with Gasteiger partial charge in [-0.1, -0.05) is 18.2 Å². The average molecular weight is 456 g/mol. The van der Waals surface area contributed by atoms with Crippen LogP contribution in [0.4, 0.5) is 5.69 Å². The van der Waals surface area contributed by atoms with E-state index in [1.165, 1.54) is 9.13 Å². The van der Waals surface area contributed by atoms with Crippen LogP contribution in [-0.2, 0) is 14.1 Å². The van der Waals surface area contributed by atoms with Gasteiger partial charge in [0.1, 0.15) is 0 Å². The first-order valence-corrected chi connectivity index (χ1v) is 11.1. The number of aromatic hydroxyl groups is 1. The second kappa shape index (κ2) is 7.65. The van der Waals surface area contributed by atoms with Crippen LogP contribution in [0.5, 0.6) is 17.4 Å². The zero-order chi connectivity index (χ0) is 21.7. The van der Waals surface area contributed by atoms with Gasteiger partial charge < -0.3 is 19.9 Å². The van der Waals surface area contributed by atoms with Crippen LogP contribution in [0.1, 0.15) is 28.8 Å². The number of fused-ring (bicyclic) bond motifs is 2. The molecule has 0 saturated heterocycles. The lowest BCUT2D eigenvalue weighted by Crippen LogP contribution is -2.30. The van der Waals surface area contributed by atoms with E-state index in [2.05, 4.69) is 11.4 Å². The van der Waals surface area contributed by atoms with Gasteiger partial charge in [-0.15, -0.1) is 11.8 Å². The monoisotopic (exact) mass is 455 g/mol. The van der Waals surface area contributed by atoms with Crippen LogP contribution >= 0.6 is 24.0 Å². The smallest absolute Gasteiger partial charge is 0.263 e. The van der Waals surface area contributed by atoms with Gasteiger partial charge in [0, 0.05) is 29.9 Å². The van der Waals surface area contributed by atoms with E-state index in [1.807, 2.05) is 36.4 Å². The molecule has 3 aromatic rings. The van der Waals surface area contributed by atoms with Crippen LogP contribution < -0.4 is 20.3 Å². The zero-order valence-corrected chi connectivity index (χ0v) is 18.6. The van der Waals surface area contributed by atoms with Crippen LogP contribution in [0.15, 0.2) is 52.2 Å². The molecule has 0 bridgehead atoms. The van der Waals surface area contributed by atoms with Crippen LogP contribution in [0.3, 0.4) is 0 Å². The number of para-hydroxylation sites is 1. The number of thioether (sulfide) groups is 1. The molecule has 2 aliphatic heterocycles. The molecule has 31 heavy (non-hydrogen) atoms. The van der Waals surface area contributed by atoms with E-state index in [-0.39, 0.29) is 28.3 Å². The molecule has 2 unspecified atom stereocenters. The molecule has 5 rings (SSSR count). The van der Waals surface area contributed by atoms with Crippen molar-refractivity contribution >= 4 is 29.7 Å². The van der Waals surface area contributed by atoms with Crippen molar-refractivity contribution in [1.29, 1.82) is 0 Å². The van der Waals surface area contributed by atoms with Crippen molar-refractivity contribution in [3.05, 3.63) is 68.7 Å². The number of hydrogen-bond acceptors (Lipinski definition) is 7. The summed E-state index contributed by atoms with van der Waals surface area (Å²) >= 11 is 7.00. The molecule has 0 radical (unpaired) electrons. The van der Waals surface area contributed by atoms with E-state index in [1.54, 1.807) is 25.9 Å². The minimum atomic E-state index is -0.410. The van der Waals surface area contributed by atoms with E-state index in [4.69, 9.17) is 21.7 Å². The predicted molar refractivity (Wildman–Crippen MR) is 122 cm³/mol. The van der Waals surface area contributed by atoms with Gasteiger partial charge in [-0.25, -0.2) is 0 Å². The number of anilines is 1. The van der Waals surface area contributed by atoms with Crippen molar-refractivity contribution in [2.24, 2.45) is 14.1 Å². The largest absolute Gasteiger partial charge is 0.494 e. The Morgan fingerprint density at radius 1 is 1.13 bits per heavy atom. The summed E-state index contributed by atoms with van der Waals surface area (Å²) in [5.41, 5.74) is 2.00. The van der Waals surface area contributed by atoms with Gasteiger partial charge in [0.15, 0.2) is 16.3 Å². The highest BCUT2D eigenvalue weighted by Gasteiger charge is 2.31. The highest BCUT2D eigenvalue weighted by atomic mass is 32.2. The number of hydrogen-bond donors (Lipinski definition) is 2. The van der Waals surface area contributed by atoms with Crippen LogP contribution in [0.2, 0.25) is 0 Å². The third kappa shape index (κ3) is 3.37. The maximum atomic E-state index is 13.1. The van der Waals surface area contributed by atoms with Crippen molar-refractivity contribution in [3.63, 3.8) is 0 Å². The molecular formula is C22H21N3O4S2. The summed E-state index contributed by atoms with van der Waals surface area (Å²) in [4.78, 5) is 14.2. The van der Waals surface area contributed by atoms with E-state index >= 15 is 0 Å². The first-order valence-electron chi connectivity index (χ1n) is 9.84. The van der Waals surface area contributed by atoms with E-state index in [9.17, 15) is 9.90 Å². The Morgan fingerprint density at radius 2 is 1.90 bits per heavy atom. The first-order chi connectivity index (χ1) is 14.9. The Bertz CT molecular complexity index is 1300. The SMILES string of the molecule is Cn1c(O)c(C2CC(c3ccc4c(c3)OCO4)Sc3ccccc3N2)c(=O)n(C)c1=S. The maximum absolute atomic E-state index is 13.1. The zero-order valence-electron chi connectivity index (χ0n) is 17.0. The minimum absolute atomic E-state index is 0.0215. The fourth-order valence-electron chi connectivity index (χ4n) is 4.02. The van der Waals surface area contributed by atoms with Gasteiger partial charge in [-0.3, -0.25) is 13.9 Å². The lowest BCUT2D eigenvalue weighted by atomic mass is 9.99. The highest BCUT2D eigenvalue weighted by molar-refractivity contribution is 7.99. The molecule has 7 nitrogen and oxygen atoms in total. The van der Waals surface area contributed by atoms with Gasteiger partial charge in [0.05, 0.1) is 11.6 Å².